The summed E-state index contributed by atoms with van der Waals surface area (Å²) in [5.74, 6) is -2.04. The molecule has 22 heavy (non-hydrogen) atoms. The second-order valence-electron chi connectivity index (χ2n) is 5.36. The number of rotatable bonds is 4. The normalized spacial score (nSPS) is 17.3. The van der Waals surface area contributed by atoms with Crippen LogP contribution in [0.2, 0.25) is 0 Å². The molecule has 1 atom stereocenters. The maximum Gasteiger partial charge on any atom is 0.313 e. The van der Waals surface area contributed by atoms with E-state index in [-0.39, 0.29) is 11.8 Å². The van der Waals surface area contributed by atoms with E-state index in [0.717, 1.165) is 12.8 Å². The van der Waals surface area contributed by atoms with Gasteiger partial charge < -0.3 is 15.0 Å². The van der Waals surface area contributed by atoms with Gasteiger partial charge in [0.25, 0.3) is 0 Å². The molecule has 0 bridgehead atoms. The van der Waals surface area contributed by atoms with Gasteiger partial charge in [0, 0.05) is 19.7 Å². The van der Waals surface area contributed by atoms with E-state index >= 15 is 0 Å². The van der Waals surface area contributed by atoms with Crippen LogP contribution in [0, 0.1) is 12.7 Å². The lowest BCUT2D eigenvalue weighted by molar-refractivity contribution is -0.144. The number of halogens is 1. The number of aryl methyl sites for hydroxylation is 1. The highest BCUT2D eigenvalue weighted by molar-refractivity contribution is 6.39. The van der Waals surface area contributed by atoms with Gasteiger partial charge in [-0.25, -0.2) is 4.39 Å². The average molecular weight is 308 g/mol. The molecule has 1 heterocycles. The number of hydrogen-bond acceptors (Lipinski definition) is 3. The maximum atomic E-state index is 13.7. The Morgan fingerprint density at radius 1 is 1.45 bits per heavy atom. The van der Waals surface area contributed by atoms with Crippen molar-refractivity contribution in [3.63, 3.8) is 0 Å². The number of nitrogens with one attached hydrogen (secondary N) is 1. The minimum absolute atomic E-state index is 0.0214. The minimum Gasteiger partial charge on any atom is -0.376 e. The number of ether oxygens (including phenoxy) is 1. The van der Waals surface area contributed by atoms with Gasteiger partial charge in [-0.2, -0.15) is 0 Å². The molecule has 0 radical (unpaired) electrons. The molecule has 0 saturated carbocycles. The van der Waals surface area contributed by atoms with Crippen molar-refractivity contribution >= 4 is 17.5 Å². The van der Waals surface area contributed by atoms with Crippen LogP contribution in [-0.2, 0) is 14.3 Å². The van der Waals surface area contributed by atoms with E-state index in [2.05, 4.69) is 5.32 Å². The van der Waals surface area contributed by atoms with Gasteiger partial charge in [0.2, 0.25) is 0 Å². The highest BCUT2D eigenvalue weighted by Gasteiger charge is 2.26. The topological polar surface area (TPSA) is 58.6 Å². The van der Waals surface area contributed by atoms with Crippen molar-refractivity contribution in [2.75, 3.05) is 25.0 Å². The highest BCUT2D eigenvalue weighted by Crippen LogP contribution is 2.19. The van der Waals surface area contributed by atoms with Crippen LogP contribution in [0.25, 0.3) is 0 Å². The van der Waals surface area contributed by atoms with E-state index in [1.165, 1.54) is 11.0 Å². The predicted molar refractivity (Wildman–Crippen MR) is 81.0 cm³/mol. The first-order valence-corrected chi connectivity index (χ1v) is 7.50. The molecule has 1 aliphatic rings. The number of carbonyl (C=O) groups excluding carboxylic acids is 2. The van der Waals surface area contributed by atoms with Gasteiger partial charge in [-0.1, -0.05) is 12.1 Å². The summed E-state index contributed by atoms with van der Waals surface area (Å²) < 4.78 is 19.2. The molecule has 120 valence electrons. The lowest BCUT2D eigenvalue weighted by Gasteiger charge is -2.23. The number of amides is 2. The van der Waals surface area contributed by atoms with E-state index in [9.17, 15) is 14.0 Å². The molecule has 0 aromatic heterocycles. The number of anilines is 1. The zero-order chi connectivity index (χ0) is 16.1. The Morgan fingerprint density at radius 3 is 2.82 bits per heavy atom. The quantitative estimate of drug-likeness (QED) is 0.867. The van der Waals surface area contributed by atoms with Crippen LogP contribution >= 0.6 is 0 Å². The third kappa shape index (κ3) is 3.82. The van der Waals surface area contributed by atoms with E-state index in [1.54, 1.807) is 26.0 Å². The molecule has 1 saturated heterocycles. The Hall–Kier alpha value is -1.95. The van der Waals surface area contributed by atoms with E-state index in [0.29, 0.717) is 25.3 Å². The van der Waals surface area contributed by atoms with Crippen LogP contribution in [0.15, 0.2) is 18.2 Å². The largest absolute Gasteiger partial charge is 0.376 e. The Morgan fingerprint density at radius 2 is 2.23 bits per heavy atom. The van der Waals surface area contributed by atoms with Gasteiger partial charge >= 0.3 is 11.8 Å². The molecule has 1 fully saturated rings. The molecule has 1 aromatic rings. The fourth-order valence-electron chi connectivity index (χ4n) is 2.49. The fourth-order valence-corrected chi connectivity index (χ4v) is 2.49. The summed E-state index contributed by atoms with van der Waals surface area (Å²) in [6.45, 7) is 4.96. The Bertz CT molecular complexity index is 536. The van der Waals surface area contributed by atoms with Crippen molar-refractivity contribution in [2.24, 2.45) is 0 Å². The van der Waals surface area contributed by atoms with E-state index < -0.39 is 17.6 Å². The summed E-state index contributed by atoms with van der Waals surface area (Å²) in [7, 11) is 0. The smallest absolute Gasteiger partial charge is 0.313 e. The SMILES string of the molecule is CCN(C[C@H]1CCCO1)C(=O)C(=O)Nc1c(C)cccc1F. The first kappa shape index (κ1) is 16.4. The van der Waals surface area contributed by atoms with Gasteiger partial charge in [0.15, 0.2) is 0 Å². The summed E-state index contributed by atoms with van der Waals surface area (Å²) >= 11 is 0. The van der Waals surface area contributed by atoms with E-state index in [4.69, 9.17) is 4.74 Å². The standard InChI is InChI=1S/C16H21FN2O3/c1-3-19(10-12-7-5-9-22-12)16(21)15(20)18-14-11(2)6-4-8-13(14)17/h4,6,8,12H,3,5,7,9-10H2,1-2H3,(H,18,20)/t12-/m1/s1. The molecule has 2 amide bonds. The van der Waals surface area contributed by atoms with Crippen molar-refractivity contribution in [1.29, 1.82) is 0 Å². The number of carbonyl (C=O) groups is 2. The van der Waals surface area contributed by atoms with Gasteiger partial charge in [-0.15, -0.1) is 0 Å². The zero-order valence-electron chi connectivity index (χ0n) is 12.9. The van der Waals surface area contributed by atoms with Crippen molar-refractivity contribution in [2.45, 2.75) is 32.8 Å². The van der Waals surface area contributed by atoms with Crippen molar-refractivity contribution in [3.05, 3.63) is 29.6 Å². The number of nitrogens with zero attached hydrogens (tertiary/aromatic N) is 1. The minimum atomic E-state index is -0.826. The molecule has 0 unspecified atom stereocenters. The third-order valence-corrected chi connectivity index (χ3v) is 3.77. The van der Waals surface area contributed by atoms with Crippen molar-refractivity contribution in [1.82, 2.24) is 4.90 Å². The van der Waals surface area contributed by atoms with Crippen LogP contribution in [0.4, 0.5) is 10.1 Å². The summed E-state index contributed by atoms with van der Waals surface area (Å²) in [5.41, 5.74) is 0.623. The monoisotopic (exact) mass is 308 g/mol. The summed E-state index contributed by atoms with van der Waals surface area (Å²) in [6, 6.07) is 4.47. The van der Waals surface area contributed by atoms with Crippen LogP contribution < -0.4 is 5.32 Å². The Balaban J connectivity index is 2.02. The first-order valence-electron chi connectivity index (χ1n) is 7.50. The second kappa shape index (κ2) is 7.35. The third-order valence-electron chi connectivity index (χ3n) is 3.77. The van der Waals surface area contributed by atoms with Crippen LogP contribution in [0.1, 0.15) is 25.3 Å². The summed E-state index contributed by atoms with van der Waals surface area (Å²) in [4.78, 5) is 25.7. The maximum absolute atomic E-state index is 13.7. The molecular formula is C16H21FN2O3. The van der Waals surface area contributed by atoms with Crippen LogP contribution in [0.5, 0.6) is 0 Å². The molecule has 0 aliphatic carbocycles. The number of para-hydroxylation sites is 1. The number of hydrogen-bond donors (Lipinski definition) is 1. The Labute approximate surface area is 129 Å². The second-order valence-corrected chi connectivity index (χ2v) is 5.36. The molecular weight excluding hydrogens is 287 g/mol. The Kier molecular flexibility index (Phi) is 5.49. The van der Waals surface area contributed by atoms with Gasteiger partial charge in [0.1, 0.15) is 5.82 Å². The lowest BCUT2D eigenvalue weighted by Crippen LogP contribution is -2.43. The molecule has 1 N–H and O–H groups in total. The number of likely N-dealkylation sites (N-methyl/N-ethyl adjacent to an activating group) is 1. The van der Waals surface area contributed by atoms with E-state index in [1.807, 2.05) is 0 Å². The van der Waals surface area contributed by atoms with Gasteiger partial charge in [-0.3, -0.25) is 9.59 Å². The summed E-state index contributed by atoms with van der Waals surface area (Å²) in [5, 5.41) is 2.37. The lowest BCUT2D eigenvalue weighted by atomic mass is 10.2. The van der Waals surface area contributed by atoms with Crippen LogP contribution in [0.3, 0.4) is 0 Å². The molecule has 1 aliphatic heterocycles. The zero-order valence-corrected chi connectivity index (χ0v) is 12.9. The molecule has 5 nitrogen and oxygen atoms in total. The van der Waals surface area contributed by atoms with Gasteiger partial charge in [-0.05, 0) is 38.3 Å². The molecule has 0 spiro atoms. The van der Waals surface area contributed by atoms with Crippen molar-refractivity contribution in [3.8, 4) is 0 Å². The first-order chi connectivity index (χ1) is 10.5. The highest BCUT2D eigenvalue weighted by atomic mass is 19.1. The van der Waals surface area contributed by atoms with Crippen LogP contribution in [-0.4, -0.2) is 42.5 Å². The van der Waals surface area contributed by atoms with Gasteiger partial charge in [0.05, 0.1) is 11.8 Å². The predicted octanol–water partition coefficient (Wildman–Crippen LogP) is 2.10. The number of benzene rings is 1. The fraction of sp³-hybridized carbons (Fsp3) is 0.500. The molecule has 1 aromatic carbocycles. The molecule has 2 rings (SSSR count). The summed E-state index contributed by atoms with van der Waals surface area (Å²) in [6.07, 6.45) is 1.83. The van der Waals surface area contributed by atoms with Crippen molar-refractivity contribution < 1.29 is 18.7 Å². The average Bonchev–Trinajstić information content (AvgIpc) is 3.01. The molecule has 6 heteroatoms.